The molecule has 6 heteroatoms. The fourth-order valence-corrected chi connectivity index (χ4v) is 2.88. The molecule has 0 atom stereocenters. The number of rotatable bonds is 5. The van der Waals surface area contributed by atoms with Crippen LogP contribution in [-0.4, -0.2) is 32.9 Å². The lowest BCUT2D eigenvalue weighted by molar-refractivity contribution is 0.101. The quantitative estimate of drug-likeness (QED) is 0.300. The molecule has 4 aromatic rings. The van der Waals surface area contributed by atoms with Gasteiger partial charge in [-0.15, -0.1) is 0 Å². The van der Waals surface area contributed by atoms with Gasteiger partial charge in [-0.25, -0.2) is 0 Å². The van der Waals surface area contributed by atoms with E-state index in [0.717, 1.165) is 28.1 Å². The zero-order chi connectivity index (χ0) is 26.6. The van der Waals surface area contributed by atoms with Crippen LogP contribution in [0.15, 0.2) is 73.1 Å². The van der Waals surface area contributed by atoms with E-state index in [1.165, 1.54) is 5.56 Å². The van der Waals surface area contributed by atoms with Gasteiger partial charge in [0.15, 0.2) is 5.78 Å². The third kappa shape index (κ3) is 11.0. The maximum absolute atomic E-state index is 11.2. The Bertz CT molecular complexity index is 1070. The molecule has 35 heavy (non-hydrogen) atoms. The summed E-state index contributed by atoms with van der Waals surface area (Å²) in [6.07, 6.45) is 3.63. The summed E-state index contributed by atoms with van der Waals surface area (Å²) in [6, 6.07) is 19.6. The Hall–Kier alpha value is -3.51. The number of aromatic nitrogens is 4. The first-order valence-corrected chi connectivity index (χ1v) is 12.3. The molecule has 190 valence electrons. The molecule has 0 aliphatic rings. The van der Waals surface area contributed by atoms with Gasteiger partial charge < -0.3 is 4.74 Å². The number of methoxy groups -OCH3 is 1. The number of nitrogens with one attached hydrogen (secondary N) is 1. The number of benzene rings is 2. The molecule has 0 saturated carbocycles. The summed E-state index contributed by atoms with van der Waals surface area (Å²) in [5.74, 6) is 0.0766. The number of aromatic amines is 1. The SMILES string of the molecule is CC.CC.CC.CC(=O)c1cccc(-c2ccn(C)n2)c1.COCc1cccc(-c2ccn[nH]2)c1. The summed E-state index contributed by atoms with van der Waals surface area (Å²) >= 11 is 0. The maximum atomic E-state index is 11.2. The second-order valence-corrected chi connectivity index (χ2v) is 6.62. The number of carbonyl (C=O) groups is 1. The molecule has 0 radical (unpaired) electrons. The Morgan fingerprint density at radius 1 is 0.914 bits per heavy atom. The molecule has 2 aromatic heterocycles. The van der Waals surface area contributed by atoms with Crippen LogP contribution < -0.4 is 0 Å². The highest BCUT2D eigenvalue weighted by Gasteiger charge is 2.04. The molecule has 2 heterocycles. The molecule has 1 N–H and O–H groups in total. The third-order valence-corrected chi connectivity index (χ3v) is 4.33. The monoisotopic (exact) mass is 478 g/mol. The van der Waals surface area contributed by atoms with Crippen molar-refractivity contribution in [1.82, 2.24) is 20.0 Å². The molecule has 2 aromatic carbocycles. The smallest absolute Gasteiger partial charge is 0.159 e. The van der Waals surface area contributed by atoms with Crippen LogP contribution in [0.25, 0.3) is 22.5 Å². The van der Waals surface area contributed by atoms with Crippen LogP contribution >= 0.6 is 0 Å². The van der Waals surface area contributed by atoms with E-state index in [1.54, 1.807) is 24.9 Å². The molecule has 6 nitrogen and oxygen atoms in total. The van der Waals surface area contributed by atoms with Gasteiger partial charge >= 0.3 is 0 Å². The van der Waals surface area contributed by atoms with E-state index >= 15 is 0 Å². The van der Waals surface area contributed by atoms with Gasteiger partial charge in [-0.1, -0.05) is 77.9 Å². The van der Waals surface area contributed by atoms with Crippen LogP contribution in [0.3, 0.4) is 0 Å². The van der Waals surface area contributed by atoms with E-state index in [0.29, 0.717) is 6.61 Å². The minimum atomic E-state index is 0.0766. The number of aryl methyl sites for hydroxylation is 1. The van der Waals surface area contributed by atoms with Crippen molar-refractivity contribution >= 4 is 5.78 Å². The summed E-state index contributed by atoms with van der Waals surface area (Å²) in [5, 5.41) is 11.1. The number of hydrogen-bond donors (Lipinski definition) is 1. The molecule has 0 aliphatic heterocycles. The lowest BCUT2D eigenvalue weighted by Gasteiger charge is -2.02. The Kier molecular flexibility index (Phi) is 17.0. The maximum Gasteiger partial charge on any atom is 0.159 e. The normalized spacial score (nSPS) is 9.06. The summed E-state index contributed by atoms with van der Waals surface area (Å²) in [7, 11) is 3.57. The summed E-state index contributed by atoms with van der Waals surface area (Å²) in [5.41, 5.74) is 5.92. The highest BCUT2D eigenvalue weighted by Crippen LogP contribution is 2.19. The molecular formula is C29H42N4O2. The predicted molar refractivity (Wildman–Crippen MR) is 147 cm³/mol. The van der Waals surface area contributed by atoms with Crippen molar-refractivity contribution in [1.29, 1.82) is 0 Å². The van der Waals surface area contributed by atoms with Gasteiger partial charge in [0.25, 0.3) is 0 Å². The van der Waals surface area contributed by atoms with E-state index in [2.05, 4.69) is 21.4 Å². The van der Waals surface area contributed by atoms with Gasteiger partial charge in [-0.05, 0) is 42.3 Å². The first-order valence-electron chi connectivity index (χ1n) is 12.3. The molecule has 0 aliphatic carbocycles. The van der Waals surface area contributed by atoms with Gasteiger partial charge in [-0.3, -0.25) is 14.6 Å². The van der Waals surface area contributed by atoms with Gasteiger partial charge in [0.2, 0.25) is 0 Å². The molecular weight excluding hydrogens is 436 g/mol. The van der Waals surface area contributed by atoms with Gasteiger partial charge in [0.05, 0.1) is 18.0 Å². The Labute approximate surface area is 211 Å². The number of hydrogen-bond acceptors (Lipinski definition) is 4. The fourth-order valence-electron chi connectivity index (χ4n) is 2.88. The number of H-pyrrole nitrogens is 1. The second-order valence-electron chi connectivity index (χ2n) is 6.62. The van der Waals surface area contributed by atoms with Crippen molar-refractivity contribution in [2.75, 3.05) is 7.11 Å². The van der Waals surface area contributed by atoms with E-state index in [-0.39, 0.29) is 5.78 Å². The van der Waals surface area contributed by atoms with E-state index in [9.17, 15) is 4.79 Å². The number of ether oxygens (including phenoxy) is 1. The molecule has 4 rings (SSSR count). The lowest BCUT2D eigenvalue weighted by Crippen LogP contribution is -1.92. The molecule has 0 saturated heterocycles. The summed E-state index contributed by atoms with van der Waals surface area (Å²) in [6.45, 7) is 14.2. The van der Waals surface area contributed by atoms with Gasteiger partial charge in [0, 0.05) is 37.7 Å². The van der Waals surface area contributed by atoms with Crippen molar-refractivity contribution in [3.63, 3.8) is 0 Å². The second kappa shape index (κ2) is 18.9. The minimum absolute atomic E-state index is 0.0766. The predicted octanol–water partition coefficient (Wildman–Crippen LogP) is 7.59. The lowest BCUT2D eigenvalue weighted by atomic mass is 10.1. The van der Waals surface area contributed by atoms with Crippen LogP contribution in [0, 0.1) is 0 Å². The average Bonchev–Trinajstić information content (AvgIpc) is 3.61. The first-order chi connectivity index (χ1) is 17.1. The molecule has 0 unspecified atom stereocenters. The van der Waals surface area contributed by atoms with Crippen LogP contribution in [0.1, 0.15) is 64.4 Å². The molecule has 0 bridgehead atoms. The molecule has 0 fully saturated rings. The number of Topliss-reactive ketones (excluding diaryl/α,β-unsaturated/α-hetero) is 1. The van der Waals surface area contributed by atoms with Gasteiger partial charge in [-0.2, -0.15) is 10.2 Å². The topological polar surface area (TPSA) is 72.8 Å². The standard InChI is InChI=1S/C12H12N2O.C11H12N2O.3C2H6/c1-9(15)10-4-3-5-11(8-10)12-6-7-14(2)13-12;1-14-8-9-3-2-4-10(7-9)11-5-6-12-13-11;3*1-2/h3-8H,1-2H3;2-7H,8H2,1H3,(H,12,13);3*1-2H3. The number of carbonyl (C=O) groups excluding carboxylic acids is 1. The van der Waals surface area contributed by atoms with E-state index in [1.807, 2.05) is 109 Å². The molecule has 0 spiro atoms. The Morgan fingerprint density at radius 3 is 2.11 bits per heavy atom. The van der Waals surface area contributed by atoms with Crippen molar-refractivity contribution < 1.29 is 9.53 Å². The summed E-state index contributed by atoms with van der Waals surface area (Å²) < 4.78 is 6.82. The minimum Gasteiger partial charge on any atom is -0.380 e. The van der Waals surface area contributed by atoms with Crippen molar-refractivity contribution in [2.24, 2.45) is 7.05 Å². The van der Waals surface area contributed by atoms with E-state index < -0.39 is 0 Å². The highest BCUT2D eigenvalue weighted by atomic mass is 16.5. The van der Waals surface area contributed by atoms with Crippen LogP contribution in [0.2, 0.25) is 0 Å². The summed E-state index contributed by atoms with van der Waals surface area (Å²) in [4.78, 5) is 11.2. The van der Waals surface area contributed by atoms with E-state index in [4.69, 9.17) is 4.74 Å². The third-order valence-electron chi connectivity index (χ3n) is 4.33. The zero-order valence-corrected chi connectivity index (χ0v) is 22.8. The average molecular weight is 479 g/mol. The van der Waals surface area contributed by atoms with Gasteiger partial charge in [0.1, 0.15) is 0 Å². The van der Waals surface area contributed by atoms with Crippen molar-refractivity contribution in [3.8, 4) is 22.5 Å². The fraction of sp³-hybridized carbons (Fsp3) is 0.345. The number of nitrogens with zero attached hydrogens (tertiary/aromatic N) is 3. The van der Waals surface area contributed by atoms with Crippen molar-refractivity contribution in [3.05, 3.63) is 84.2 Å². The Morgan fingerprint density at radius 2 is 1.57 bits per heavy atom. The number of ketones is 1. The molecule has 0 amide bonds. The first kappa shape index (κ1) is 31.5. The Balaban J connectivity index is 0.000000546. The van der Waals surface area contributed by atoms with Crippen LogP contribution in [0.4, 0.5) is 0 Å². The van der Waals surface area contributed by atoms with Crippen LogP contribution in [0.5, 0.6) is 0 Å². The largest absolute Gasteiger partial charge is 0.380 e. The highest BCUT2D eigenvalue weighted by molar-refractivity contribution is 5.95. The van der Waals surface area contributed by atoms with Crippen LogP contribution in [-0.2, 0) is 18.4 Å². The van der Waals surface area contributed by atoms with Crippen molar-refractivity contribution in [2.45, 2.75) is 55.1 Å². The zero-order valence-electron chi connectivity index (χ0n) is 22.8.